The van der Waals surface area contributed by atoms with Gasteiger partial charge in [0.25, 0.3) is 5.91 Å². The Labute approximate surface area is 257 Å². The number of thioether (sulfide) groups is 1. The summed E-state index contributed by atoms with van der Waals surface area (Å²) in [5, 5.41) is 16.6. The van der Waals surface area contributed by atoms with Gasteiger partial charge in [-0.15, -0.1) is 23.1 Å². The van der Waals surface area contributed by atoms with Crippen molar-refractivity contribution in [3.05, 3.63) is 87.8 Å². The van der Waals surface area contributed by atoms with Crippen LogP contribution in [0.4, 0.5) is 10.7 Å². The molecule has 0 saturated heterocycles. The van der Waals surface area contributed by atoms with Gasteiger partial charge in [-0.25, -0.2) is 9.59 Å². The fourth-order valence-electron chi connectivity index (χ4n) is 5.35. The van der Waals surface area contributed by atoms with Crippen LogP contribution in [0.1, 0.15) is 74.1 Å². The van der Waals surface area contributed by atoms with E-state index in [4.69, 9.17) is 4.74 Å². The molecule has 1 atom stereocenters. The molecule has 1 unspecified atom stereocenters. The zero-order chi connectivity index (χ0) is 30.5. The molecule has 0 saturated carbocycles. The van der Waals surface area contributed by atoms with Gasteiger partial charge in [-0.3, -0.25) is 9.59 Å². The summed E-state index contributed by atoms with van der Waals surface area (Å²) in [5.41, 5.74) is 2.29. The van der Waals surface area contributed by atoms with Crippen molar-refractivity contribution in [2.45, 2.75) is 55.6 Å². The van der Waals surface area contributed by atoms with E-state index in [1.54, 1.807) is 55.5 Å². The van der Waals surface area contributed by atoms with Crippen LogP contribution in [0.25, 0.3) is 10.8 Å². The van der Waals surface area contributed by atoms with E-state index in [1.165, 1.54) is 36.3 Å². The molecular formula is C33H32N2O6S2. The van der Waals surface area contributed by atoms with Crippen LogP contribution in [0.3, 0.4) is 0 Å². The second-order valence-electron chi connectivity index (χ2n) is 10.4. The molecule has 0 fully saturated rings. The van der Waals surface area contributed by atoms with Gasteiger partial charge in [-0.05, 0) is 73.9 Å². The van der Waals surface area contributed by atoms with Gasteiger partial charge < -0.3 is 20.5 Å². The minimum absolute atomic E-state index is 0.0560. The monoisotopic (exact) mass is 616 g/mol. The van der Waals surface area contributed by atoms with Gasteiger partial charge in [0, 0.05) is 26.4 Å². The second-order valence-corrected chi connectivity index (χ2v) is 12.9. The number of thiophene rings is 1. The van der Waals surface area contributed by atoms with Crippen molar-refractivity contribution in [2.24, 2.45) is 0 Å². The highest BCUT2D eigenvalue weighted by Gasteiger charge is 2.27. The van der Waals surface area contributed by atoms with E-state index < -0.39 is 23.1 Å². The standard InChI is InChI=1S/C33H32N2O6S2/c1-19(29(36)35-31-28(33(40)41-2)23-14-5-3-4-6-17-26(23)43-31)42-22-13-9-12-21(18-22)34-30(37)24-15-7-10-20-11-8-16-25(27(20)24)32(38)39/h7-13,15-16,18-19H,3-6,14,17H2,1-2H3,(H,34,37)(H,35,36)(H,38,39). The highest BCUT2D eigenvalue weighted by atomic mass is 32.2. The molecule has 8 nitrogen and oxygen atoms in total. The summed E-state index contributed by atoms with van der Waals surface area (Å²) in [6, 6.07) is 17.1. The number of carbonyl (C=O) groups excluding carboxylic acids is 3. The number of carboxylic acid groups (broad SMARTS) is 1. The molecule has 2 amide bonds. The van der Waals surface area contributed by atoms with Crippen LogP contribution in [-0.2, 0) is 22.4 Å². The Kier molecular flexibility index (Phi) is 9.47. The molecule has 0 bridgehead atoms. The lowest BCUT2D eigenvalue weighted by atomic mass is 9.96. The second kappa shape index (κ2) is 13.4. The zero-order valence-electron chi connectivity index (χ0n) is 23.9. The number of ether oxygens (including phenoxy) is 1. The first-order chi connectivity index (χ1) is 20.8. The molecule has 3 aromatic carbocycles. The van der Waals surface area contributed by atoms with E-state index in [-0.39, 0.29) is 17.0 Å². The summed E-state index contributed by atoms with van der Waals surface area (Å²) in [6.07, 6.45) is 6.02. The number of carboxylic acids is 1. The Bertz CT molecular complexity index is 1710. The van der Waals surface area contributed by atoms with E-state index in [1.807, 2.05) is 6.07 Å². The number of amides is 2. The third-order valence-corrected chi connectivity index (χ3v) is 9.75. The molecule has 10 heteroatoms. The molecule has 0 aliphatic heterocycles. The number of benzene rings is 3. The molecule has 43 heavy (non-hydrogen) atoms. The van der Waals surface area contributed by atoms with Gasteiger partial charge in [0.2, 0.25) is 5.91 Å². The lowest BCUT2D eigenvalue weighted by Gasteiger charge is -2.14. The van der Waals surface area contributed by atoms with Crippen molar-refractivity contribution in [1.29, 1.82) is 0 Å². The SMILES string of the molecule is COC(=O)c1c(NC(=O)C(C)Sc2cccc(NC(=O)c3cccc4cccc(C(=O)O)c34)c2)sc2c1CCCCCC2. The summed E-state index contributed by atoms with van der Waals surface area (Å²) >= 11 is 2.79. The van der Waals surface area contributed by atoms with Gasteiger partial charge in [-0.1, -0.05) is 43.2 Å². The molecule has 5 rings (SSSR count). The van der Waals surface area contributed by atoms with Crippen LogP contribution in [0, 0.1) is 0 Å². The van der Waals surface area contributed by atoms with Crippen molar-refractivity contribution in [3.63, 3.8) is 0 Å². The zero-order valence-corrected chi connectivity index (χ0v) is 25.5. The molecule has 0 spiro atoms. The van der Waals surface area contributed by atoms with Gasteiger partial charge in [0.05, 0.1) is 23.5 Å². The summed E-state index contributed by atoms with van der Waals surface area (Å²) in [5.74, 6) is -2.21. The van der Waals surface area contributed by atoms with Gasteiger partial charge in [0.15, 0.2) is 0 Å². The van der Waals surface area contributed by atoms with E-state index in [2.05, 4.69) is 10.6 Å². The highest BCUT2D eigenvalue weighted by Crippen LogP contribution is 2.38. The summed E-state index contributed by atoms with van der Waals surface area (Å²) in [6.45, 7) is 1.79. The molecule has 1 aliphatic rings. The fraction of sp³-hybridized carbons (Fsp3) is 0.273. The van der Waals surface area contributed by atoms with Crippen LogP contribution in [0.5, 0.6) is 0 Å². The number of anilines is 2. The summed E-state index contributed by atoms with van der Waals surface area (Å²) in [7, 11) is 1.36. The van der Waals surface area contributed by atoms with Crippen molar-refractivity contribution in [1.82, 2.24) is 0 Å². The van der Waals surface area contributed by atoms with Gasteiger partial charge in [-0.2, -0.15) is 0 Å². The summed E-state index contributed by atoms with van der Waals surface area (Å²) < 4.78 is 5.08. The third-order valence-electron chi connectivity index (χ3n) is 7.45. The number of carbonyl (C=O) groups is 4. The van der Waals surface area contributed by atoms with Crippen LogP contribution in [0.2, 0.25) is 0 Å². The van der Waals surface area contributed by atoms with Crippen molar-refractivity contribution in [2.75, 3.05) is 17.7 Å². The average molecular weight is 617 g/mol. The first-order valence-corrected chi connectivity index (χ1v) is 15.8. The molecule has 1 aromatic heterocycles. The molecule has 4 aromatic rings. The van der Waals surface area contributed by atoms with Crippen molar-refractivity contribution in [3.8, 4) is 0 Å². The number of hydrogen-bond donors (Lipinski definition) is 3. The van der Waals surface area contributed by atoms with Crippen LogP contribution in [0.15, 0.2) is 65.6 Å². The predicted molar refractivity (Wildman–Crippen MR) is 171 cm³/mol. The quantitative estimate of drug-likeness (QED) is 0.139. The first-order valence-electron chi connectivity index (χ1n) is 14.1. The first kappa shape index (κ1) is 30.3. The van der Waals surface area contributed by atoms with Crippen LogP contribution in [-0.4, -0.2) is 41.2 Å². The van der Waals surface area contributed by atoms with E-state index in [0.717, 1.165) is 53.9 Å². The van der Waals surface area contributed by atoms with Crippen molar-refractivity contribution >= 4 is 68.3 Å². The maximum atomic E-state index is 13.3. The highest BCUT2D eigenvalue weighted by molar-refractivity contribution is 8.00. The average Bonchev–Trinajstić information content (AvgIpc) is 3.31. The molecule has 222 valence electrons. The number of nitrogens with one attached hydrogen (secondary N) is 2. The number of methoxy groups -OCH3 is 1. The number of aromatic carboxylic acids is 1. The van der Waals surface area contributed by atoms with Crippen LogP contribution >= 0.6 is 23.1 Å². The fourth-order valence-corrected chi connectivity index (χ4v) is 7.56. The number of rotatable bonds is 8. The summed E-state index contributed by atoms with van der Waals surface area (Å²) in [4.78, 5) is 53.0. The lowest BCUT2D eigenvalue weighted by molar-refractivity contribution is -0.115. The third kappa shape index (κ3) is 6.76. The van der Waals surface area contributed by atoms with E-state index in [0.29, 0.717) is 27.0 Å². The number of aryl methyl sites for hydroxylation is 1. The largest absolute Gasteiger partial charge is 0.478 e. The van der Waals surface area contributed by atoms with Gasteiger partial charge in [0.1, 0.15) is 5.00 Å². The molecule has 1 heterocycles. The maximum Gasteiger partial charge on any atom is 0.341 e. The van der Waals surface area contributed by atoms with E-state index >= 15 is 0 Å². The predicted octanol–water partition coefficient (Wildman–Crippen LogP) is 7.42. The Balaban J connectivity index is 1.31. The van der Waals surface area contributed by atoms with Crippen molar-refractivity contribution < 1.29 is 29.0 Å². The Morgan fingerprint density at radius 1 is 0.907 bits per heavy atom. The minimum Gasteiger partial charge on any atom is -0.478 e. The number of fused-ring (bicyclic) bond motifs is 2. The number of hydrogen-bond acceptors (Lipinski definition) is 7. The smallest absolute Gasteiger partial charge is 0.341 e. The van der Waals surface area contributed by atoms with Gasteiger partial charge >= 0.3 is 11.9 Å². The molecule has 3 N–H and O–H groups in total. The topological polar surface area (TPSA) is 122 Å². The van der Waals surface area contributed by atoms with E-state index in [9.17, 15) is 24.3 Å². The minimum atomic E-state index is -1.11. The Morgan fingerprint density at radius 3 is 2.33 bits per heavy atom. The van der Waals surface area contributed by atoms with Crippen LogP contribution < -0.4 is 10.6 Å². The molecular weight excluding hydrogens is 585 g/mol. The molecule has 0 radical (unpaired) electrons. The molecule has 1 aliphatic carbocycles. The maximum absolute atomic E-state index is 13.3. The lowest BCUT2D eigenvalue weighted by Crippen LogP contribution is -2.23. The normalized spacial score (nSPS) is 13.7. The Hall–Kier alpha value is -4.15. The Morgan fingerprint density at radius 2 is 1.60 bits per heavy atom. The number of esters is 1.